The van der Waals surface area contributed by atoms with Gasteiger partial charge in [-0.25, -0.2) is 8.42 Å². The lowest BCUT2D eigenvalue weighted by molar-refractivity contribution is -0.130. The number of ether oxygens (including phenoxy) is 5. The zero-order chi connectivity index (χ0) is 38.0. The summed E-state index contributed by atoms with van der Waals surface area (Å²) in [4.78, 5) is 15.6. The maximum Gasteiger partial charge on any atom is 0.243 e. The van der Waals surface area contributed by atoms with E-state index in [-0.39, 0.29) is 23.3 Å². The molecule has 0 bridgehead atoms. The summed E-state index contributed by atoms with van der Waals surface area (Å²) >= 11 is 0. The van der Waals surface area contributed by atoms with Gasteiger partial charge in [0.15, 0.2) is 0 Å². The number of nitrogens with zero attached hydrogens (tertiary/aromatic N) is 2. The van der Waals surface area contributed by atoms with Crippen LogP contribution < -0.4 is 15.0 Å². The van der Waals surface area contributed by atoms with Crippen LogP contribution in [-0.2, 0) is 47.0 Å². The fraction of sp³-hybridized carbons (Fsp3) is 0.537. The van der Waals surface area contributed by atoms with E-state index in [1.807, 2.05) is 45.0 Å². The Kier molecular flexibility index (Phi) is 14.3. The molecule has 3 aromatic rings. The first-order valence-electron chi connectivity index (χ1n) is 18.5. The fourth-order valence-electron chi connectivity index (χ4n) is 7.32. The van der Waals surface area contributed by atoms with Gasteiger partial charge < -0.3 is 33.9 Å². The van der Waals surface area contributed by atoms with Crippen LogP contribution >= 0.6 is 0 Å². The van der Waals surface area contributed by atoms with Crippen LogP contribution in [0.1, 0.15) is 61.3 Å². The van der Waals surface area contributed by atoms with Gasteiger partial charge in [-0.1, -0.05) is 61.9 Å². The monoisotopic (exact) mass is 751 g/mol. The molecule has 1 amide bonds. The summed E-state index contributed by atoms with van der Waals surface area (Å²) in [6.45, 7) is 10.5. The maximum absolute atomic E-state index is 14.5. The number of nitrogens with one attached hydrogen (secondary N) is 1. The van der Waals surface area contributed by atoms with Gasteiger partial charge in [-0.3, -0.25) is 4.79 Å². The van der Waals surface area contributed by atoms with Crippen molar-refractivity contribution in [1.82, 2.24) is 9.62 Å². The summed E-state index contributed by atoms with van der Waals surface area (Å²) in [5.74, 6) is 0.571. The molecule has 2 aliphatic heterocycles. The standard InChI is InChI=1S/C41H57N3O8S/c1-30-8-15-35(16-9-30)53(46,47)44-27-39(52-29-32-12-17-38-37(24-32)43(19-21-51-38)18-7-20-48-5)36(25-34(44)26-41(2,3)40(45)42-4)33-13-10-31(11-14-33)28-50-23-22-49-6/h8-17,24,34,36,39H,7,18-23,25-29H2,1-6H3,(H,42,45)/t34-,36-,39+/m1/s1. The number of hydrogen-bond donors (Lipinski definition) is 1. The summed E-state index contributed by atoms with van der Waals surface area (Å²) < 4.78 is 59.5. The number of anilines is 1. The Labute approximate surface area is 315 Å². The second-order valence-electron chi connectivity index (χ2n) is 14.7. The fourth-order valence-corrected chi connectivity index (χ4v) is 8.96. The number of carbonyl (C=O) groups is 1. The smallest absolute Gasteiger partial charge is 0.243 e. The number of fused-ring (bicyclic) bond motifs is 1. The minimum absolute atomic E-state index is 0.133. The highest BCUT2D eigenvalue weighted by Gasteiger charge is 2.45. The summed E-state index contributed by atoms with van der Waals surface area (Å²) in [5, 5.41) is 2.78. The van der Waals surface area contributed by atoms with E-state index in [1.165, 1.54) is 0 Å². The van der Waals surface area contributed by atoms with Crippen LogP contribution in [0.3, 0.4) is 0 Å². The average Bonchev–Trinajstić information content (AvgIpc) is 3.16. The first-order valence-corrected chi connectivity index (χ1v) is 20.0. The van der Waals surface area contributed by atoms with E-state index in [4.69, 9.17) is 23.7 Å². The molecule has 0 spiro atoms. The first kappa shape index (κ1) is 40.7. The number of methoxy groups -OCH3 is 2. The molecule has 11 nitrogen and oxygen atoms in total. The lowest BCUT2D eigenvalue weighted by atomic mass is 9.77. The number of amides is 1. The molecule has 0 aromatic heterocycles. The molecule has 3 atom stereocenters. The van der Waals surface area contributed by atoms with Crippen molar-refractivity contribution in [3.05, 3.63) is 89.0 Å². The molecule has 0 radical (unpaired) electrons. The second-order valence-corrected chi connectivity index (χ2v) is 16.6. The topological polar surface area (TPSA) is 116 Å². The number of benzene rings is 3. The van der Waals surface area contributed by atoms with Gasteiger partial charge in [-0.05, 0) is 67.1 Å². The van der Waals surface area contributed by atoms with Crippen molar-refractivity contribution >= 4 is 21.6 Å². The van der Waals surface area contributed by atoms with E-state index >= 15 is 0 Å². The quantitative estimate of drug-likeness (QED) is 0.164. The Morgan fingerprint density at radius 1 is 0.943 bits per heavy atom. The zero-order valence-corrected chi connectivity index (χ0v) is 33.0. The first-order chi connectivity index (χ1) is 25.5. The molecular formula is C41H57N3O8S. The van der Waals surface area contributed by atoms with Crippen molar-refractivity contribution in [2.45, 2.75) is 76.2 Å². The summed E-state index contributed by atoms with van der Waals surface area (Å²) in [6, 6.07) is 20.9. The van der Waals surface area contributed by atoms with Gasteiger partial charge >= 0.3 is 0 Å². The van der Waals surface area contributed by atoms with Crippen LogP contribution in [0.25, 0.3) is 0 Å². The molecule has 290 valence electrons. The minimum Gasteiger partial charge on any atom is -0.490 e. The highest BCUT2D eigenvalue weighted by molar-refractivity contribution is 7.89. The largest absolute Gasteiger partial charge is 0.490 e. The molecular weight excluding hydrogens is 695 g/mol. The van der Waals surface area contributed by atoms with Crippen molar-refractivity contribution in [3.8, 4) is 5.75 Å². The maximum atomic E-state index is 14.5. The van der Waals surface area contributed by atoms with Crippen molar-refractivity contribution in [2.75, 3.05) is 72.2 Å². The molecule has 2 aliphatic rings. The number of carbonyl (C=O) groups excluding carboxylic acids is 1. The molecule has 1 N–H and O–H groups in total. The molecule has 0 aliphatic carbocycles. The Morgan fingerprint density at radius 3 is 2.36 bits per heavy atom. The molecule has 0 saturated carbocycles. The lowest BCUT2D eigenvalue weighted by Crippen LogP contribution is -2.54. The van der Waals surface area contributed by atoms with Gasteiger partial charge in [-0.15, -0.1) is 0 Å². The van der Waals surface area contributed by atoms with Gasteiger partial charge in [-0.2, -0.15) is 4.31 Å². The van der Waals surface area contributed by atoms with Crippen LogP contribution in [0.5, 0.6) is 5.75 Å². The number of rotatable bonds is 18. The highest BCUT2D eigenvalue weighted by atomic mass is 32.2. The minimum atomic E-state index is -3.95. The summed E-state index contributed by atoms with van der Waals surface area (Å²) in [5.41, 5.74) is 4.24. The molecule has 1 fully saturated rings. The Balaban J connectivity index is 1.47. The van der Waals surface area contributed by atoms with Crippen molar-refractivity contribution < 1.29 is 36.9 Å². The van der Waals surface area contributed by atoms with E-state index in [2.05, 4.69) is 40.5 Å². The zero-order valence-electron chi connectivity index (χ0n) is 32.1. The Hall–Kier alpha value is -3.52. The van der Waals surface area contributed by atoms with Crippen LogP contribution in [0, 0.1) is 12.3 Å². The van der Waals surface area contributed by atoms with E-state index in [0.717, 1.165) is 53.2 Å². The SMILES string of the molecule is CNC(=O)C(C)(C)C[C@H]1C[C@H](c2ccc(COCCOC)cc2)[C@@H](OCc2ccc3c(c2)N(CCCOC)CCO3)CN1S(=O)(=O)c1ccc(C)cc1. The van der Waals surface area contributed by atoms with Gasteiger partial charge in [0.2, 0.25) is 15.9 Å². The van der Waals surface area contributed by atoms with E-state index < -0.39 is 27.6 Å². The van der Waals surface area contributed by atoms with Gasteiger partial charge in [0.25, 0.3) is 0 Å². The number of hydrogen-bond acceptors (Lipinski definition) is 9. The van der Waals surface area contributed by atoms with Crippen molar-refractivity contribution in [2.24, 2.45) is 5.41 Å². The van der Waals surface area contributed by atoms with Gasteiger partial charge in [0.05, 0.1) is 49.7 Å². The van der Waals surface area contributed by atoms with Crippen molar-refractivity contribution in [1.29, 1.82) is 0 Å². The number of sulfonamides is 1. The van der Waals surface area contributed by atoms with E-state index in [0.29, 0.717) is 52.5 Å². The molecule has 53 heavy (non-hydrogen) atoms. The molecule has 12 heteroatoms. The van der Waals surface area contributed by atoms with Crippen molar-refractivity contribution in [3.63, 3.8) is 0 Å². The predicted molar refractivity (Wildman–Crippen MR) is 206 cm³/mol. The van der Waals surface area contributed by atoms with Gasteiger partial charge in [0.1, 0.15) is 12.4 Å². The molecule has 0 unspecified atom stereocenters. The third-order valence-corrected chi connectivity index (χ3v) is 12.2. The van der Waals surface area contributed by atoms with E-state index in [9.17, 15) is 13.2 Å². The number of aryl methyl sites for hydroxylation is 1. The number of piperidine rings is 1. The summed E-state index contributed by atoms with van der Waals surface area (Å²) in [7, 11) is 1.03. The third-order valence-electron chi connectivity index (χ3n) is 10.3. The molecule has 5 rings (SSSR count). The van der Waals surface area contributed by atoms with Crippen LogP contribution in [0.15, 0.2) is 71.6 Å². The highest BCUT2D eigenvalue weighted by Crippen LogP contribution is 2.41. The lowest BCUT2D eigenvalue weighted by Gasteiger charge is -2.45. The van der Waals surface area contributed by atoms with Crippen LogP contribution in [0.4, 0.5) is 5.69 Å². The van der Waals surface area contributed by atoms with Crippen LogP contribution in [-0.4, -0.2) is 98.1 Å². The van der Waals surface area contributed by atoms with Crippen LogP contribution in [0.2, 0.25) is 0 Å². The average molecular weight is 752 g/mol. The molecule has 3 aromatic carbocycles. The van der Waals surface area contributed by atoms with Gasteiger partial charge in [0, 0.05) is 58.3 Å². The molecule has 1 saturated heterocycles. The Bertz CT molecular complexity index is 1730. The van der Waals surface area contributed by atoms with E-state index in [1.54, 1.807) is 37.7 Å². The predicted octanol–water partition coefficient (Wildman–Crippen LogP) is 5.69. The Morgan fingerprint density at radius 2 is 1.66 bits per heavy atom. The third kappa shape index (κ3) is 10.4. The second kappa shape index (κ2) is 18.7. The molecule has 2 heterocycles. The summed E-state index contributed by atoms with van der Waals surface area (Å²) in [6.07, 6.45) is 1.26. The normalized spacial score (nSPS) is 19.4.